The standard InChI is InChI=1S/C28H48N8O6S/c1-17(2)13-22(35-26(39)21(9-12-43-3)34-24(37)19-8-6-11-31-19)27(40)33-20(7-4-5-10-29)25(38)36-23(28(41)42)14-18-15-30-16-32-18/h15-17,19-23,31H,4-14,29H2,1-3H3,(H,30,32)(H,33,40)(H,34,37)(H,35,39)(H,36,38)(H,41,42)/t19-,20-,21-,22-,23-/m0/s1. The molecule has 0 aromatic carbocycles. The van der Waals surface area contributed by atoms with E-state index in [0.717, 1.165) is 13.0 Å². The van der Waals surface area contributed by atoms with Crippen LogP contribution in [-0.4, -0.2) is 100.0 Å². The third-order valence-corrected chi connectivity index (χ3v) is 7.78. The van der Waals surface area contributed by atoms with Crippen LogP contribution in [0.3, 0.4) is 0 Å². The van der Waals surface area contributed by atoms with E-state index in [1.54, 1.807) is 11.8 Å². The first-order chi connectivity index (χ1) is 20.5. The van der Waals surface area contributed by atoms with Gasteiger partial charge in [0.05, 0.1) is 12.4 Å². The fourth-order valence-electron chi connectivity index (χ4n) is 4.78. The summed E-state index contributed by atoms with van der Waals surface area (Å²) >= 11 is 1.54. The monoisotopic (exact) mass is 624 g/mol. The van der Waals surface area contributed by atoms with Crippen molar-refractivity contribution in [1.82, 2.24) is 36.6 Å². The molecule has 0 saturated carbocycles. The lowest BCUT2D eigenvalue weighted by Crippen LogP contribution is -2.58. The maximum Gasteiger partial charge on any atom is 0.326 e. The minimum Gasteiger partial charge on any atom is -0.480 e. The van der Waals surface area contributed by atoms with E-state index in [1.807, 2.05) is 20.1 Å². The lowest BCUT2D eigenvalue weighted by molar-refractivity contribution is -0.142. The van der Waals surface area contributed by atoms with Gasteiger partial charge >= 0.3 is 5.97 Å². The number of hydrogen-bond donors (Lipinski definition) is 8. The molecule has 1 aliphatic rings. The van der Waals surface area contributed by atoms with Crippen molar-refractivity contribution in [3.05, 3.63) is 18.2 Å². The summed E-state index contributed by atoms with van der Waals surface area (Å²) in [6, 6.07) is -4.45. The zero-order chi connectivity index (χ0) is 31.8. The summed E-state index contributed by atoms with van der Waals surface area (Å²) in [5, 5.41) is 23.7. The number of carbonyl (C=O) groups is 5. The molecule has 1 saturated heterocycles. The number of aromatic nitrogens is 2. The molecule has 2 heterocycles. The first-order valence-electron chi connectivity index (χ1n) is 14.9. The van der Waals surface area contributed by atoms with Gasteiger partial charge < -0.3 is 42.4 Å². The molecule has 0 bridgehead atoms. The van der Waals surface area contributed by atoms with Gasteiger partial charge in [0.25, 0.3) is 0 Å². The Balaban J connectivity index is 2.16. The van der Waals surface area contributed by atoms with Crippen molar-refractivity contribution < 1.29 is 29.1 Å². The number of aliphatic carboxylic acids is 1. The molecule has 15 heteroatoms. The van der Waals surface area contributed by atoms with E-state index in [0.29, 0.717) is 50.1 Å². The number of carboxylic acid groups (broad SMARTS) is 1. The first-order valence-corrected chi connectivity index (χ1v) is 16.3. The molecule has 0 unspecified atom stereocenters. The molecular formula is C28H48N8O6S. The van der Waals surface area contributed by atoms with E-state index in [-0.39, 0.29) is 30.7 Å². The number of imidazole rings is 1. The summed E-state index contributed by atoms with van der Waals surface area (Å²) in [7, 11) is 0. The molecule has 0 spiro atoms. The SMILES string of the molecule is CSCC[C@H](NC(=O)[C@@H]1CCCN1)C(=O)N[C@@H](CC(C)C)C(=O)N[C@@H](CCCCN)C(=O)N[C@@H](Cc1cnc[nH]1)C(=O)O. The van der Waals surface area contributed by atoms with E-state index in [9.17, 15) is 29.1 Å². The second-order valence-corrected chi connectivity index (χ2v) is 12.2. The van der Waals surface area contributed by atoms with Crippen LogP contribution in [-0.2, 0) is 30.4 Å². The number of carbonyl (C=O) groups excluding carboxylic acids is 4. The van der Waals surface area contributed by atoms with Crippen molar-refractivity contribution in [2.75, 3.05) is 25.1 Å². The number of nitrogens with zero attached hydrogens (tertiary/aromatic N) is 1. The zero-order valence-corrected chi connectivity index (χ0v) is 26.1. The van der Waals surface area contributed by atoms with Crippen LogP contribution >= 0.6 is 11.8 Å². The van der Waals surface area contributed by atoms with E-state index in [2.05, 4.69) is 36.6 Å². The van der Waals surface area contributed by atoms with Crippen LogP contribution in [0, 0.1) is 5.92 Å². The van der Waals surface area contributed by atoms with Gasteiger partial charge in [-0.25, -0.2) is 9.78 Å². The number of thioether (sulfide) groups is 1. The minimum atomic E-state index is -1.25. The van der Waals surface area contributed by atoms with Crippen molar-refractivity contribution >= 4 is 41.4 Å². The molecule has 0 aliphatic carbocycles. The Bertz CT molecular complexity index is 1030. The normalized spacial score (nSPS) is 17.5. The Morgan fingerprint density at radius 2 is 1.65 bits per heavy atom. The third kappa shape index (κ3) is 12.9. The van der Waals surface area contributed by atoms with Gasteiger partial charge in [-0.15, -0.1) is 0 Å². The minimum absolute atomic E-state index is 0.0178. The van der Waals surface area contributed by atoms with Crippen molar-refractivity contribution in [2.24, 2.45) is 11.7 Å². The predicted molar refractivity (Wildman–Crippen MR) is 164 cm³/mol. The molecule has 242 valence electrons. The van der Waals surface area contributed by atoms with Crippen LogP contribution in [0.5, 0.6) is 0 Å². The van der Waals surface area contributed by atoms with E-state index in [1.165, 1.54) is 12.5 Å². The Hall–Kier alpha value is -3.17. The summed E-state index contributed by atoms with van der Waals surface area (Å²) in [4.78, 5) is 71.5. The highest BCUT2D eigenvalue weighted by Gasteiger charge is 2.32. The highest BCUT2D eigenvalue weighted by Crippen LogP contribution is 2.11. The second kappa shape index (κ2) is 19.2. The van der Waals surface area contributed by atoms with Crippen LogP contribution in [0.2, 0.25) is 0 Å². The van der Waals surface area contributed by atoms with E-state index >= 15 is 0 Å². The first kappa shape index (κ1) is 36.0. The molecule has 1 fully saturated rings. The Labute approximate surface area is 257 Å². The summed E-state index contributed by atoms with van der Waals surface area (Å²) < 4.78 is 0. The molecule has 43 heavy (non-hydrogen) atoms. The lowest BCUT2D eigenvalue weighted by atomic mass is 10.0. The fourth-order valence-corrected chi connectivity index (χ4v) is 5.25. The van der Waals surface area contributed by atoms with Gasteiger partial charge in [-0.2, -0.15) is 11.8 Å². The Morgan fingerprint density at radius 1 is 1.00 bits per heavy atom. The summed E-state index contributed by atoms with van der Waals surface area (Å²) in [6.07, 6.45) is 8.39. The molecule has 2 rings (SSSR count). The average molecular weight is 625 g/mol. The van der Waals surface area contributed by atoms with Crippen molar-refractivity contribution in [2.45, 2.75) is 95.4 Å². The van der Waals surface area contributed by atoms with Gasteiger partial charge in [0.2, 0.25) is 23.6 Å². The van der Waals surface area contributed by atoms with Gasteiger partial charge in [-0.1, -0.05) is 13.8 Å². The van der Waals surface area contributed by atoms with Gasteiger partial charge in [-0.3, -0.25) is 19.2 Å². The molecule has 4 amide bonds. The van der Waals surface area contributed by atoms with Crippen LogP contribution in [0.1, 0.15) is 64.5 Å². The largest absolute Gasteiger partial charge is 0.480 e. The van der Waals surface area contributed by atoms with Gasteiger partial charge in [0, 0.05) is 18.3 Å². The number of H-pyrrole nitrogens is 1. The molecule has 1 aromatic heterocycles. The summed E-state index contributed by atoms with van der Waals surface area (Å²) in [6.45, 7) is 4.95. The number of rotatable bonds is 20. The molecule has 9 N–H and O–H groups in total. The number of carboxylic acids is 1. The van der Waals surface area contributed by atoms with Crippen LogP contribution < -0.4 is 32.3 Å². The number of unbranched alkanes of at least 4 members (excludes halogenated alkanes) is 1. The van der Waals surface area contributed by atoms with Crippen molar-refractivity contribution in [3.8, 4) is 0 Å². The van der Waals surface area contributed by atoms with E-state index in [4.69, 9.17) is 5.73 Å². The summed E-state index contributed by atoms with van der Waals surface area (Å²) in [5.41, 5.74) is 6.16. The van der Waals surface area contributed by atoms with Gasteiger partial charge in [-0.05, 0) is 76.0 Å². The number of hydrogen-bond acceptors (Lipinski definition) is 9. The van der Waals surface area contributed by atoms with Crippen molar-refractivity contribution in [3.63, 3.8) is 0 Å². The maximum absolute atomic E-state index is 13.5. The number of amides is 4. The quantitative estimate of drug-likeness (QED) is 0.0882. The molecule has 5 atom stereocenters. The average Bonchev–Trinajstić information content (AvgIpc) is 3.68. The lowest BCUT2D eigenvalue weighted by Gasteiger charge is -2.27. The predicted octanol–water partition coefficient (Wildman–Crippen LogP) is -0.344. The number of nitrogens with two attached hydrogens (primary N) is 1. The second-order valence-electron chi connectivity index (χ2n) is 11.2. The summed E-state index contributed by atoms with van der Waals surface area (Å²) in [5.74, 6) is -2.52. The topological polar surface area (TPSA) is 220 Å². The third-order valence-electron chi connectivity index (χ3n) is 7.13. The molecule has 0 radical (unpaired) electrons. The van der Waals surface area contributed by atoms with Gasteiger partial charge in [0.15, 0.2) is 0 Å². The van der Waals surface area contributed by atoms with Crippen LogP contribution in [0.15, 0.2) is 12.5 Å². The highest BCUT2D eigenvalue weighted by atomic mass is 32.2. The maximum atomic E-state index is 13.5. The number of aromatic amines is 1. The smallest absolute Gasteiger partial charge is 0.326 e. The molecule has 14 nitrogen and oxygen atoms in total. The van der Waals surface area contributed by atoms with Crippen molar-refractivity contribution in [1.29, 1.82) is 0 Å². The number of nitrogens with one attached hydrogen (secondary N) is 6. The Morgan fingerprint density at radius 3 is 2.21 bits per heavy atom. The fraction of sp³-hybridized carbons (Fsp3) is 0.714. The highest BCUT2D eigenvalue weighted by molar-refractivity contribution is 7.98. The Kier molecular flexibility index (Phi) is 16.1. The molecule has 1 aromatic rings. The molecule has 1 aliphatic heterocycles. The van der Waals surface area contributed by atoms with E-state index < -0.39 is 47.9 Å². The molecular weight excluding hydrogens is 576 g/mol. The van der Waals surface area contributed by atoms with Gasteiger partial charge in [0.1, 0.15) is 24.2 Å². The van der Waals surface area contributed by atoms with Crippen LogP contribution in [0.4, 0.5) is 0 Å². The zero-order valence-electron chi connectivity index (χ0n) is 25.3. The van der Waals surface area contributed by atoms with Crippen LogP contribution in [0.25, 0.3) is 0 Å².